The van der Waals surface area contributed by atoms with Gasteiger partial charge in [0.2, 0.25) is 11.2 Å². The first-order valence-electron chi connectivity index (χ1n) is 9.97. The van der Waals surface area contributed by atoms with Gasteiger partial charge in [-0.3, -0.25) is 9.59 Å². The monoisotopic (exact) mass is 408 g/mol. The molecule has 1 heterocycles. The van der Waals surface area contributed by atoms with Gasteiger partial charge in [-0.1, -0.05) is 53.7 Å². The lowest BCUT2D eigenvalue weighted by Gasteiger charge is -2.19. The summed E-state index contributed by atoms with van der Waals surface area (Å²) in [5, 5.41) is 0.356. The molecule has 0 saturated carbocycles. The summed E-state index contributed by atoms with van der Waals surface area (Å²) in [7, 11) is 0. The van der Waals surface area contributed by atoms with Crippen LogP contribution in [0.1, 0.15) is 53.5 Å². The highest BCUT2D eigenvalue weighted by molar-refractivity contribution is 5.81. The number of hydrogen-bond donors (Lipinski definition) is 0. The quantitative estimate of drug-likeness (QED) is 0.378. The Balaban J connectivity index is 1.81. The van der Waals surface area contributed by atoms with E-state index in [1.54, 1.807) is 18.2 Å². The normalized spacial score (nSPS) is 12.1. The van der Waals surface area contributed by atoms with E-state index in [0.717, 1.165) is 0 Å². The Hall–Kier alpha value is -3.08. The molecule has 3 aromatic rings. The fraction of sp³-hybridized carbons (Fsp3) is 0.360. The number of ether oxygens (including phenoxy) is 2. The van der Waals surface area contributed by atoms with Crippen molar-refractivity contribution in [2.24, 2.45) is 5.41 Å². The number of benzene rings is 2. The number of esters is 1. The van der Waals surface area contributed by atoms with Gasteiger partial charge in [0, 0.05) is 6.07 Å². The molecule has 0 spiro atoms. The predicted molar refractivity (Wildman–Crippen MR) is 117 cm³/mol. The maximum Gasteiger partial charge on any atom is 0.311 e. The predicted octanol–water partition coefficient (Wildman–Crippen LogP) is 6.22. The van der Waals surface area contributed by atoms with Gasteiger partial charge in [0.05, 0.1) is 11.8 Å². The highest BCUT2D eigenvalue weighted by Gasteiger charge is 2.18. The molecule has 0 aliphatic rings. The van der Waals surface area contributed by atoms with Crippen molar-refractivity contribution in [2.45, 2.75) is 53.4 Å². The smallest absolute Gasteiger partial charge is 0.311 e. The summed E-state index contributed by atoms with van der Waals surface area (Å²) in [4.78, 5) is 24.8. The third-order valence-electron chi connectivity index (χ3n) is 4.57. The summed E-state index contributed by atoms with van der Waals surface area (Å²) >= 11 is 0. The van der Waals surface area contributed by atoms with Crippen LogP contribution in [0.15, 0.2) is 57.9 Å². The number of hydrogen-bond acceptors (Lipinski definition) is 5. The van der Waals surface area contributed by atoms with Gasteiger partial charge in [0.1, 0.15) is 23.3 Å². The van der Waals surface area contributed by atoms with E-state index in [1.165, 1.54) is 11.8 Å². The summed E-state index contributed by atoms with van der Waals surface area (Å²) in [5.74, 6) is 0.667. The number of fused-ring (bicyclic) bond motifs is 1. The molecule has 2 aromatic carbocycles. The van der Waals surface area contributed by atoms with E-state index < -0.39 is 0 Å². The summed E-state index contributed by atoms with van der Waals surface area (Å²) in [5.41, 5.74) is 1.08. The van der Waals surface area contributed by atoms with Crippen LogP contribution in [0.4, 0.5) is 0 Å². The second kappa shape index (κ2) is 7.98. The molecule has 0 aliphatic carbocycles. The van der Waals surface area contributed by atoms with E-state index in [0.29, 0.717) is 22.5 Å². The topological polar surface area (TPSA) is 65.7 Å². The van der Waals surface area contributed by atoms with Gasteiger partial charge in [-0.05, 0) is 40.7 Å². The zero-order valence-electron chi connectivity index (χ0n) is 18.4. The largest absolute Gasteiger partial charge is 0.460 e. The Morgan fingerprint density at radius 3 is 2.17 bits per heavy atom. The van der Waals surface area contributed by atoms with Crippen molar-refractivity contribution in [1.29, 1.82) is 0 Å². The minimum Gasteiger partial charge on any atom is -0.460 e. The number of carbonyl (C=O) groups is 1. The van der Waals surface area contributed by atoms with E-state index >= 15 is 0 Å². The fourth-order valence-electron chi connectivity index (χ4n) is 2.98. The Bertz CT molecular complexity index is 1110. The van der Waals surface area contributed by atoms with Crippen LogP contribution in [0.25, 0.3) is 11.0 Å². The van der Waals surface area contributed by atoms with Crippen LogP contribution in [0.3, 0.4) is 0 Å². The highest BCUT2D eigenvalue weighted by atomic mass is 16.5. The first kappa shape index (κ1) is 21.6. The summed E-state index contributed by atoms with van der Waals surface area (Å²) in [6, 6.07) is 12.3. The first-order chi connectivity index (χ1) is 13.9. The van der Waals surface area contributed by atoms with Crippen molar-refractivity contribution in [3.8, 4) is 17.2 Å². The lowest BCUT2D eigenvalue weighted by molar-refractivity contribution is -0.136. The van der Waals surface area contributed by atoms with Crippen LogP contribution >= 0.6 is 0 Å². The molecule has 0 saturated heterocycles. The standard InChI is InChI=1S/C25H28O5/c1-24(2,3)14-22(26)30-18-11-12-19-20(13-18)28-15-21(23(19)27)29-17-9-7-16(8-10-17)25(4,5)6/h7-13,15H,14H2,1-6H3. The molecule has 5 nitrogen and oxygen atoms in total. The summed E-state index contributed by atoms with van der Waals surface area (Å²) in [6.45, 7) is 12.3. The molecule has 0 atom stereocenters. The highest BCUT2D eigenvalue weighted by Crippen LogP contribution is 2.28. The summed E-state index contributed by atoms with van der Waals surface area (Å²) < 4.78 is 16.7. The van der Waals surface area contributed by atoms with Gasteiger partial charge >= 0.3 is 5.97 Å². The zero-order valence-corrected chi connectivity index (χ0v) is 18.4. The Kier molecular flexibility index (Phi) is 5.75. The third kappa shape index (κ3) is 5.29. The van der Waals surface area contributed by atoms with Crippen molar-refractivity contribution < 1.29 is 18.7 Å². The average Bonchev–Trinajstić information content (AvgIpc) is 2.62. The van der Waals surface area contributed by atoms with Crippen molar-refractivity contribution in [1.82, 2.24) is 0 Å². The molecule has 0 fully saturated rings. The third-order valence-corrected chi connectivity index (χ3v) is 4.57. The molecule has 1 aromatic heterocycles. The molecular formula is C25H28O5. The van der Waals surface area contributed by atoms with E-state index in [9.17, 15) is 9.59 Å². The van der Waals surface area contributed by atoms with Gasteiger partial charge in [-0.25, -0.2) is 0 Å². The zero-order chi connectivity index (χ0) is 22.1. The Labute approximate surface area is 176 Å². The van der Waals surface area contributed by atoms with Crippen LogP contribution in [-0.4, -0.2) is 5.97 Å². The summed E-state index contributed by atoms with van der Waals surface area (Å²) in [6.07, 6.45) is 1.57. The van der Waals surface area contributed by atoms with Crippen molar-refractivity contribution in [3.63, 3.8) is 0 Å². The van der Waals surface area contributed by atoms with Gasteiger partial charge in [0.15, 0.2) is 0 Å². The Morgan fingerprint density at radius 2 is 1.57 bits per heavy atom. The van der Waals surface area contributed by atoms with Crippen LogP contribution in [0.2, 0.25) is 0 Å². The molecule has 0 aliphatic heterocycles. The minimum absolute atomic E-state index is 0.0363. The van der Waals surface area contributed by atoms with Crippen LogP contribution < -0.4 is 14.9 Å². The van der Waals surface area contributed by atoms with E-state index in [2.05, 4.69) is 20.8 Å². The maximum absolute atomic E-state index is 12.8. The van der Waals surface area contributed by atoms with E-state index in [1.807, 2.05) is 45.0 Å². The molecule has 0 amide bonds. The molecule has 0 unspecified atom stereocenters. The van der Waals surface area contributed by atoms with E-state index in [-0.39, 0.29) is 34.4 Å². The SMILES string of the molecule is CC(C)(C)CC(=O)Oc1ccc2c(=O)c(Oc3ccc(C(C)(C)C)cc3)coc2c1. The molecular weight excluding hydrogens is 380 g/mol. The first-order valence-corrected chi connectivity index (χ1v) is 9.97. The average molecular weight is 408 g/mol. The van der Waals surface area contributed by atoms with Crippen LogP contribution in [0, 0.1) is 5.41 Å². The van der Waals surface area contributed by atoms with Crippen molar-refractivity contribution in [2.75, 3.05) is 0 Å². The fourth-order valence-corrected chi connectivity index (χ4v) is 2.98. The van der Waals surface area contributed by atoms with Crippen molar-refractivity contribution in [3.05, 3.63) is 64.5 Å². The van der Waals surface area contributed by atoms with Gasteiger partial charge < -0.3 is 13.9 Å². The molecule has 30 heavy (non-hydrogen) atoms. The number of rotatable bonds is 4. The molecule has 158 valence electrons. The lowest BCUT2D eigenvalue weighted by Crippen LogP contribution is -2.17. The van der Waals surface area contributed by atoms with Gasteiger partial charge in [-0.2, -0.15) is 0 Å². The molecule has 0 bridgehead atoms. The Morgan fingerprint density at radius 1 is 0.933 bits per heavy atom. The van der Waals surface area contributed by atoms with Crippen LogP contribution in [-0.2, 0) is 10.2 Å². The molecule has 0 radical (unpaired) electrons. The molecule has 0 N–H and O–H groups in total. The van der Waals surface area contributed by atoms with Gasteiger partial charge in [-0.15, -0.1) is 0 Å². The molecule has 3 rings (SSSR count). The lowest BCUT2D eigenvalue weighted by atomic mass is 9.87. The minimum atomic E-state index is -0.331. The second-order valence-corrected chi connectivity index (χ2v) is 9.67. The maximum atomic E-state index is 12.8. The number of carbonyl (C=O) groups excluding carboxylic acids is 1. The second-order valence-electron chi connectivity index (χ2n) is 9.67. The van der Waals surface area contributed by atoms with Gasteiger partial charge in [0.25, 0.3) is 0 Å². The van der Waals surface area contributed by atoms with Crippen molar-refractivity contribution >= 4 is 16.9 Å². The van der Waals surface area contributed by atoms with E-state index in [4.69, 9.17) is 13.9 Å². The molecule has 5 heteroatoms. The van der Waals surface area contributed by atoms with Crippen LogP contribution in [0.5, 0.6) is 17.2 Å².